The van der Waals surface area contributed by atoms with Crippen molar-refractivity contribution >= 4 is 22.9 Å². The zero-order chi connectivity index (χ0) is 23.6. The number of rotatable bonds is 3. The molecule has 34 heavy (non-hydrogen) atoms. The second-order valence-electron chi connectivity index (χ2n) is 10.3. The van der Waals surface area contributed by atoms with Gasteiger partial charge in [0.2, 0.25) is 11.5 Å². The molecular formula is C24H31N7O3. The van der Waals surface area contributed by atoms with Crippen LogP contribution >= 0.6 is 0 Å². The van der Waals surface area contributed by atoms with Gasteiger partial charge in [0.05, 0.1) is 5.52 Å². The highest BCUT2D eigenvalue weighted by molar-refractivity contribution is 5.79. The average molecular weight is 466 g/mol. The summed E-state index contributed by atoms with van der Waals surface area (Å²) >= 11 is 0. The van der Waals surface area contributed by atoms with Crippen molar-refractivity contribution in [2.24, 2.45) is 25.4 Å². The molecule has 1 saturated heterocycles. The van der Waals surface area contributed by atoms with Crippen LogP contribution in [-0.2, 0) is 18.9 Å². The second-order valence-corrected chi connectivity index (χ2v) is 10.3. The summed E-state index contributed by atoms with van der Waals surface area (Å²) in [5.74, 6) is 1.32. The number of aromatic nitrogens is 5. The molecule has 3 fully saturated rings. The zero-order valence-electron chi connectivity index (χ0n) is 19.7. The molecule has 0 aromatic carbocycles. The minimum absolute atomic E-state index is 0.0670. The lowest BCUT2D eigenvalue weighted by atomic mass is 9.78. The molecule has 6 rings (SSSR count). The van der Waals surface area contributed by atoms with E-state index in [1.54, 1.807) is 26.9 Å². The highest BCUT2D eigenvalue weighted by Gasteiger charge is 2.57. The van der Waals surface area contributed by atoms with Gasteiger partial charge in [-0.25, -0.2) is 4.79 Å². The molecule has 4 heterocycles. The molecule has 10 nitrogen and oxygen atoms in total. The van der Waals surface area contributed by atoms with Crippen LogP contribution in [0.1, 0.15) is 38.1 Å². The van der Waals surface area contributed by atoms with Gasteiger partial charge in [-0.3, -0.25) is 23.4 Å². The number of hydrogen-bond acceptors (Lipinski definition) is 5. The molecule has 1 amide bonds. The summed E-state index contributed by atoms with van der Waals surface area (Å²) in [6.07, 6.45) is 6.51. The Bertz CT molecular complexity index is 1360. The minimum atomic E-state index is -0.195. The molecule has 0 radical (unpaired) electrons. The number of nitrogens with zero attached hydrogens (tertiary/aromatic N) is 6. The maximum Gasteiger partial charge on any atom is 0.330 e. The van der Waals surface area contributed by atoms with E-state index in [0.29, 0.717) is 5.65 Å². The van der Waals surface area contributed by atoms with Crippen LogP contribution in [0.25, 0.3) is 11.2 Å². The van der Waals surface area contributed by atoms with Crippen molar-refractivity contribution in [1.82, 2.24) is 28.8 Å². The third-order valence-corrected chi connectivity index (χ3v) is 8.38. The van der Waals surface area contributed by atoms with Crippen molar-refractivity contribution in [3.8, 4) is 0 Å². The van der Waals surface area contributed by atoms with Crippen LogP contribution in [0.2, 0.25) is 0 Å². The van der Waals surface area contributed by atoms with E-state index in [2.05, 4.69) is 15.0 Å². The summed E-state index contributed by atoms with van der Waals surface area (Å²) in [5, 5.41) is 4.47. The number of pyridine rings is 1. The van der Waals surface area contributed by atoms with Gasteiger partial charge in [-0.05, 0) is 43.6 Å². The number of carbonyl (C=O) groups is 1. The van der Waals surface area contributed by atoms with E-state index < -0.39 is 0 Å². The average Bonchev–Trinajstić information content (AvgIpc) is 3.21. The lowest BCUT2D eigenvalue weighted by Gasteiger charge is -2.38. The van der Waals surface area contributed by atoms with Crippen LogP contribution in [-0.4, -0.2) is 60.9 Å². The number of amides is 1. The predicted molar refractivity (Wildman–Crippen MR) is 128 cm³/mol. The smallest absolute Gasteiger partial charge is 0.330 e. The van der Waals surface area contributed by atoms with E-state index in [0.717, 1.165) is 69.6 Å². The summed E-state index contributed by atoms with van der Waals surface area (Å²) < 4.78 is 5.20. The van der Waals surface area contributed by atoms with Gasteiger partial charge in [-0.15, -0.1) is 0 Å². The highest BCUT2D eigenvalue weighted by Crippen LogP contribution is 2.65. The number of H-pyrrole nitrogens is 1. The van der Waals surface area contributed by atoms with E-state index >= 15 is 0 Å². The first-order chi connectivity index (χ1) is 16.4. The molecule has 3 aromatic heterocycles. The summed E-state index contributed by atoms with van der Waals surface area (Å²) in [6.45, 7) is 3.09. The lowest BCUT2D eigenvalue weighted by molar-refractivity contribution is -0.137. The largest absolute Gasteiger partial charge is 0.352 e. The van der Waals surface area contributed by atoms with Crippen LogP contribution in [0.3, 0.4) is 0 Å². The number of carbonyl (C=O) groups excluding carboxylic acids is 1. The summed E-state index contributed by atoms with van der Waals surface area (Å²) in [4.78, 5) is 45.2. The summed E-state index contributed by atoms with van der Waals surface area (Å²) in [7, 11) is 3.66. The normalized spacial score (nSPS) is 27.0. The van der Waals surface area contributed by atoms with Crippen LogP contribution in [0.5, 0.6) is 0 Å². The summed E-state index contributed by atoms with van der Waals surface area (Å²) in [6, 6.07) is 5.28. The van der Waals surface area contributed by atoms with Crippen LogP contribution in [0.4, 0.5) is 5.82 Å². The first-order valence-electron chi connectivity index (χ1n) is 12.2. The van der Waals surface area contributed by atoms with Gasteiger partial charge in [0.25, 0.3) is 0 Å². The maximum atomic E-state index is 13.2. The standard InChI is InChI=1S/C24H31N7O3/c1-27-10-7-19(26-27)29-11-13-30(14-12-29)22(33)16-5-8-24(9-6-16)15-18(24)31-21-17(28(2)23(31)34)3-4-20(32)25-21/h3-4,7,10,16,18H,5-6,8-9,11-15H2,1-2H3,(H,25,32). The van der Waals surface area contributed by atoms with Gasteiger partial charge in [0.1, 0.15) is 5.65 Å². The topological polar surface area (TPSA) is 101 Å². The Morgan fingerprint density at radius 1 is 1.06 bits per heavy atom. The molecule has 0 bridgehead atoms. The van der Waals surface area contributed by atoms with E-state index in [1.165, 1.54) is 6.07 Å². The molecule has 1 aliphatic heterocycles. The van der Waals surface area contributed by atoms with Crippen molar-refractivity contribution in [3.05, 3.63) is 45.2 Å². The molecule has 2 saturated carbocycles. The van der Waals surface area contributed by atoms with Gasteiger partial charge < -0.3 is 14.8 Å². The number of imidazole rings is 1. The van der Waals surface area contributed by atoms with Gasteiger partial charge in [0.15, 0.2) is 5.82 Å². The Labute approximate surface area is 196 Å². The fraction of sp³-hybridized carbons (Fsp3) is 0.583. The molecule has 10 heteroatoms. The molecular weight excluding hydrogens is 434 g/mol. The number of aromatic amines is 1. The van der Waals surface area contributed by atoms with Gasteiger partial charge in [0, 0.05) is 70.6 Å². The molecule has 180 valence electrons. The first-order valence-corrected chi connectivity index (χ1v) is 12.2. The Morgan fingerprint density at radius 2 is 1.79 bits per heavy atom. The first kappa shape index (κ1) is 21.2. The predicted octanol–water partition coefficient (Wildman–Crippen LogP) is 1.23. The molecule has 3 aromatic rings. The quantitative estimate of drug-likeness (QED) is 0.627. The van der Waals surface area contributed by atoms with Crippen molar-refractivity contribution in [2.75, 3.05) is 31.1 Å². The molecule has 1 spiro atoms. The zero-order valence-corrected chi connectivity index (χ0v) is 19.7. The minimum Gasteiger partial charge on any atom is -0.352 e. The summed E-state index contributed by atoms with van der Waals surface area (Å²) in [5.41, 5.74) is 1.16. The fourth-order valence-corrected chi connectivity index (χ4v) is 6.21. The van der Waals surface area contributed by atoms with E-state index in [-0.39, 0.29) is 34.5 Å². The SMILES string of the molecule is Cn1ccc(N2CCN(C(=O)C3CCC4(CC3)CC4n3c(=O)n(C)c4ccc(=O)[nH]c43)CC2)n1. The number of nitrogens with one attached hydrogen (secondary N) is 1. The number of aryl methyl sites for hydroxylation is 2. The Hall–Kier alpha value is -3.30. The Kier molecular flexibility index (Phi) is 4.76. The number of hydrogen-bond donors (Lipinski definition) is 1. The van der Waals surface area contributed by atoms with Gasteiger partial charge in [-0.1, -0.05) is 0 Å². The van der Waals surface area contributed by atoms with Crippen LogP contribution < -0.4 is 16.1 Å². The molecule has 1 N–H and O–H groups in total. The third-order valence-electron chi connectivity index (χ3n) is 8.38. The number of fused-ring (bicyclic) bond motifs is 1. The second kappa shape index (κ2) is 7.61. The highest BCUT2D eigenvalue weighted by atomic mass is 16.2. The maximum absolute atomic E-state index is 13.2. The van der Waals surface area contributed by atoms with Crippen molar-refractivity contribution in [2.45, 2.75) is 38.1 Å². The monoisotopic (exact) mass is 465 g/mol. The molecule has 1 atom stereocenters. The lowest BCUT2D eigenvalue weighted by Crippen LogP contribution is -2.51. The third kappa shape index (κ3) is 3.30. The molecule has 3 aliphatic rings. The van der Waals surface area contributed by atoms with E-state index in [1.807, 2.05) is 24.2 Å². The van der Waals surface area contributed by atoms with Crippen molar-refractivity contribution in [3.63, 3.8) is 0 Å². The van der Waals surface area contributed by atoms with E-state index in [4.69, 9.17) is 0 Å². The van der Waals surface area contributed by atoms with Crippen molar-refractivity contribution < 1.29 is 4.79 Å². The fourth-order valence-electron chi connectivity index (χ4n) is 6.21. The molecule has 2 aliphatic carbocycles. The van der Waals surface area contributed by atoms with Gasteiger partial charge >= 0.3 is 5.69 Å². The van der Waals surface area contributed by atoms with Crippen LogP contribution in [0.15, 0.2) is 34.0 Å². The van der Waals surface area contributed by atoms with Crippen molar-refractivity contribution in [1.29, 1.82) is 0 Å². The Balaban J connectivity index is 1.10. The Morgan fingerprint density at radius 3 is 2.47 bits per heavy atom. The number of piperazine rings is 1. The number of anilines is 1. The van der Waals surface area contributed by atoms with Crippen LogP contribution in [0, 0.1) is 11.3 Å². The van der Waals surface area contributed by atoms with E-state index in [9.17, 15) is 14.4 Å². The van der Waals surface area contributed by atoms with Gasteiger partial charge in [-0.2, -0.15) is 5.10 Å². The molecule has 1 unspecified atom stereocenters.